The number of hydrogen-bond donors (Lipinski definition) is 4. The van der Waals surface area contributed by atoms with Crippen LogP contribution in [0.15, 0.2) is 0 Å². The van der Waals surface area contributed by atoms with Crippen LogP contribution in [-0.4, -0.2) is 64.8 Å². The number of likely N-dealkylation sites (tertiary alicyclic amines) is 1. The second kappa shape index (κ2) is 6.75. The highest BCUT2D eigenvalue weighted by Crippen LogP contribution is 2.20. The van der Waals surface area contributed by atoms with Crippen molar-refractivity contribution in [1.82, 2.24) is 15.5 Å². The highest BCUT2D eigenvalue weighted by molar-refractivity contribution is 5.83. The Balaban J connectivity index is 2.00. The molecule has 3 atom stereocenters. The minimum atomic E-state index is -1.45. The van der Waals surface area contributed by atoms with Crippen molar-refractivity contribution in [2.24, 2.45) is 5.92 Å². The molecular formula is C13H21N3O5. The van der Waals surface area contributed by atoms with Crippen LogP contribution in [0.25, 0.3) is 0 Å². The first-order valence-electron chi connectivity index (χ1n) is 7.23. The van der Waals surface area contributed by atoms with Gasteiger partial charge in [0, 0.05) is 25.6 Å². The first-order chi connectivity index (χ1) is 9.99. The average Bonchev–Trinajstić information content (AvgIpc) is 2.37. The van der Waals surface area contributed by atoms with Gasteiger partial charge in [-0.05, 0) is 25.7 Å². The first-order valence-corrected chi connectivity index (χ1v) is 7.23. The van der Waals surface area contributed by atoms with Crippen LogP contribution in [-0.2, 0) is 9.59 Å². The van der Waals surface area contributed by atoms with Crippen molar-refractivity contribution in [3.63, 3.8) is 0 Å². The van der Waals surface area contributed by atoms with E-state index < -0.39 is 24.1 Å². The lowest BCUT2D eigenvalue weighted by Crippen LogP contribution is -2.56. The molecule has 8 nitrogen and oxygen atoms in total. The van der Waals surface area contributed by atoms with Crippen LogP contribution in [0.4, 0.5) is 4.79 Å². The summed E-state index contributed by atoms with van der Waals surface area (Å²) in [6, 6.07) is -0.968. The molecule has 0 bridgehead atoms. The van der Waals surface area contributed by atoms with Gasteiger partial charge in [-0.3, -0.25) is 9.59 Å². The second-order valence-electron chi connectivity index (χ2n) is 5.55. The number of carboxylic acid groups (broad SMARTS) is 1. The van der Waals surface area contributed by atoms with Crippen molar-refractivity contribution in [1.29, 1.82) is 0 Å². The van der Waals surface area contributed by atoms with Crippen LogP contribution in [0.2, 0.25) is 0 Å². The van der Waals surface area contributed by atoms with Crippen LogP contribution in [0.1, 0.15) is 25.7 Å². The van der Waals surface area contributed by atoms with Gasteiger partial charge in [0.1, 0.15) is 0 Å². The Morgan fingerprint density at radius 2 is 2.10 bits per heavy atom. The quantitative estimate of drug-likeness (QED) is 0.526. The molecule has 2 unspecified atom stereocenters. The van der Waals surface area contributed by atoms with E-state index >= 15 is 0 Å². The van der Waals surface area contributed by atoms with Crippen molar-refractivity contribution < 1.29 is 24.6 Å². The van der Waals surface area contributed by atoms with Gasteiger partial charge in [0.05, 0.1) is 6.04 Å². The molecule has 0 spiro atoms. The van der Waals surface area contributed by atoms with Gasteiger partial charge >= 0.3 is 6.09 Å². The van der Waals surface area contributed by atoms with E-state index in [1.807, 2.05) is 0 Å². The first kappa shape index (κ1) is 15.6. The molecule has 2 fully saturated rings. The molecule has 4 N–H and O–H groups in total. The van der Waals surface area contributed by atoms with Crippen LogP contribution in [0.3, 0.4) is 0 Å². The molecule has 0 aromatic heterocycles. The molecule has 2 aliphatic heterocycles. The van der Waals surface area contributed by atoms with E-state index in [-0.39, 0.29) is 18.2 Å². The fourth-order valence-corrected chi connectivity index (χ4v) is 2.69. The van der Waals surface area contributed by atoms with E-state index in [0.717, 1.165) is 12.8 Å². The lowest BCUT2D eigenvalue weighted by molar-refractivity contribution is -0.146. The normalized spacial score (nSPS) is 24.5. The summed E-state index contributed by atoms with van der Waals surface area (Å²) in [5, 5.41) is 23.9. The zero-order valence-electron chi connectivity index (χ0n) is 11.7. The summed E-state index contributed by atoms with van der Waals surface area (Å²) in [6.07, 6.45) is -0.303. The summed E-state index contributed by atoms with van der Waals surface area (Å²) in [5.41, 5.74) is 0. The van der Waals surface area contributed by atoms with Gasteiger partial charge in [-0.15, -0.1) is 0 Å². The van der Waals surface area contributed by atoms with Gasteiger partial charge in [-0.25, -0.2) is 4.79 Å². The van der Waals surface area contributed by atoms with Gasteiger partial charge in [0.2, 0.25) is 5.91 Å². The molecule has 0 radical (unpaired) electrons. The van der Waals surface area contributed by atoms with Crippen LogP contribution >= 0.6 is 0 Å². The fourth-order valence-electron chi connectivity index (χ4n) is 2.69. The van der Waals surface area contributed by atoms with Crippen molar-refractivity contribution in [3.05, 3.63) is 0 Å². The van der Waals surface area contributed by atoms with Crippen LogP contribution in [0, 0.1) is 5.92 Å². The molecule has 2 saturated heterocycles. The SMILES string of the molecule is O=C(O)NC(C[C@@H]1CCCNC1=O)C(O)C(=O)N1CCC1. The summed E-state index contributed by atoms with van der Waals surface area (Å²) in [4.78, 5) is 36.1. The number of carbonyl (C=O) groups is 3. The summed E-state index contributed by atoms with van der Waals surface area (Å²) in [5.74, 6) is -1.01. The predicted octanol–water partition coefficient (Wildman–Crippen LogP) is -0.868. The molecular weight excluding hydrogens is 278 g/mol. The van der Waals surface area contributed by atoms with E-state index in [2.05, 4.69) is 10.6 Å². The Labute approximate surface area is 122 Å². The Hall–Kier alpha value is -1.83. The Kier molecular flexibility index (Phi) is 5.00. The number of hydrogen-bond acceptors (Lipinski definition) is 4. The summed E-state index contributed by atoms with van der Waals surface area (Å²) in [7, 11) is 0. The minimum Gasteiger partial charge on any atom is -0.465 e. The molecule has 0 saturated carbocycles. The topological polar surface area (TPSA) is 119 Å². The molecule has 21 heavy (non-hydrogen) atoms. The molecule has 3 amide bonds. The molecule has 118 valence electrons. The maximum absolute atomic E-state index is 12.0. The van der Waals surface area contributed by atoms with Crippen LogP contribution < -0.4 is 10.6 Å². The van der Waals surface area contributed by atoms with E-state index in [1.54, 1.807) is 0 Å². The van der Waals surface area contributed by atoms with Gasteiger partial charge < -0.3 is 25.7 Å². The zero-order chi connectivity index (χ0) is 15.4. The van der Waals surface area contributed by atoms with Crippen molar-refractivity contribution >= 4 is 17.9 Å². The lowest BCUT2D eigenvalue weighted by atomic mass is 9.89. The average molecular weight is 299 g/mol. The highest BCUT2D eigenvalue weighted by Gasteiger charge is 2.36. The number of amides is 3. The molecule has 2 rings (SSSR count). The smallest absolute Gasteiger partial charge is 0.404 e. The number of aliphatic hydroxyl groups excluding tert-OH is 1. The summed E-state index contributed by atoms with van der Waals surface area (Å²) < 4.78 is 0. The number of aliphatic hydroxyl groups is 1. The van der Waals surface area contributed by atoms with E-state index in [4.69, 9.17) is 5.11 Å². The van der Waals surface area contributed by atoms with Crippen molar-refractivity contribution in [3.8, 4) is 0 Å². The molecule has 2 aliphatic rings. The number of rotatable bonds is 5. The van der Waals surface area contributed by atoms with Crippen LogP contribution in [0.5, 0.6) is 0 Å². The van der Waals surface area contributed by atoms with E-state index in [1.165, 1.54) is 4.90 Å². The number of piperidine rings is 1. The highest BCUT2D eigenvalue weighted by atomic mass is 16.4. The van der Waals surface area contributed by atoms with E-state index in [0.29, 0.717) is 26.1 Å². The largest absolute Gasteiger partial charge is 0.465 e. The van der Waals surface area contributed by atoms with Crippen molar-refractivity contribution in [2.75, 3.05) is 19.6 Å². The Morgan fingerprint density at radius 3 is 2.62 bits per heavy atom. The van der Waals surface area contributed by atoms with Gasteiger partial charge in [-0.1, -0.05) is 0 Å². The zero-order valence-corrected chi connectivity index (χ0v) is 11.7. The second-order valence-corrected chi connectivity index (χ2v) is 5.55. The third kappa shape index (κ3) is 3.84. The Bertz CT molecular complexity index is 424. The molecule has 8 heteroatoms. The maximum atomic E-state index is 12.0. The monoisotopic (exact) mass is 299 g/mol. The van der Waals surface area contributed by atoms with Gasteiger partial charge in [0.25, 0.3) is 5.91 Å². The third-order valence-electron chi connectivity index (χ3n) is 4.05. The van der Waals surface area contributed by atoms with Gasteiger partial charge in [-0.2, -0.15) is 0 Å². The summed E-state index contributed by atoms with van der Waals surface area (Å²) in [6.45, 7) is 1.78. The lowest BCUT2D eigenvalue weighted by Gasteiger charge is -2.35. The standard InChI is InChI=1S/C13H21N3O5/c17-10(12(19)16-5-2-6-16)9(15-13(20)21)7-8-3-1-4-14-11(8)18/h8-10,15,17H,1-7H2,(H,14,18)(H,20,21)/t8-,9?,10?/m0/s1. The minimum absolute atomic E-state index is 0.124. The van der Waals surface area contributed by atoms with Crippen molar-refractivity contribution in [2.45, 2.75) is 37.8 Å². The summed E-state index contributed by atoms with van der Waals surface area (Å²) >= 11 is 0. The van der Waals surface area contributed by atoms with E-state index in [9.17, 15) is 19.5 Å². The molecule has 0 aromatic carbocycles. The van der Waals surface area contributed by atoms with Gasteiger partial charge in [0.15, 0.2) is 6.10 Å². The number of nitrogens with zero attached hydrogens (tertiary/aromatic N) is 1. The third-order valence-corrected chi connectivity index (χ3v) is 4.05. The molecule has 2 heterocycles. The number of nitrogens with one attached hydrogen (secondary N) is 2. The maximum Gasteiger partial charge on any atom is 0.404 e. The predicted molar refractivity (Wildman–Crippen MR) is 72.5 cm³/mol. The Morgan fingerprint density at radius 1 is 1.38 bits per heavy atom. The number of carbonyl (C=O) groups excluding carboxylic acids is 2. The molecule has 0 aliphatic carbocycles. The fraction of sp³-hybridized carbons (Fsp3) is 0.769. The molecule has 0 aromatic rings.